The Labute approximate surface area is 116 Å². The molecular formula is C14H27N5. The summed E-state index contributed by atoms with van der Waals surface area (Å²) < 4.78 is 1.93. The fourth-order valence-corrected chi connectivity index (χ4v) is 2.06. The van der Waals surface area contributed by atoms with Crippen LogP contribution < -0.4 is 11.1 Å². The molecular weight excluding hydrogens is 238 g/mol. The van der Waals surface area contributed by atoms with Crippen LogP contribution in [0, 0.1) is 13.8 Å². The molecule has 0 saturated heterocycles. The minimum absolute atomic E-state index is 0.0376. The van der Waals surface area contributed by atoms with E-state index in [0.29, 0.717) is 5.96 Å². The highest BCUT2D eigenvalue weighted by Gasteiger charge is 2.10. The van der Waals surface area contributed by atoms with E-state index in [-0.39, 0.29) is 5.54 Å². The van der Waals surface area contributed by atoms with E-state index in [1.54, 1.807) is 0 Å². The number of hydrogen-bond donors (Lipinski definition) is 2. The normalized spacial score (nSPS) is 12.8. The van der Waals surface area contributed by atoms with Crippen LogP contribution in [0.4, 0.5) is 0 Å². The molecule has 5 heteroatoms. The minimum Gasteiger partial charge on any atom is -0.370 e. The van der Waals surface area contributed by atoms with Crippen LogP contribution in [0.25, 0.3) is 0 Å². The second-order valence-corrected chi connectivity index (χ2v) is 6.02. The average molecular weight is 265 g/mol. The summed E-state index contributed by atoms with van der Waals surface area (Å²) >= 11 is 0. The lowest BCUT2D eigenvalue weighted by atomic mass is 10.1. The predicted octanol–water partition coefficient (Wildman–Crippen LogP) is 1.67. The SMILES string of the molecule is Cc1nn(C)c(C)c1CCCN=C(N)NC(C)(C)C. The van der Waals surface area contributed by atoms with Crippen molar-refractivity contribution in [2.24, 2.45) is 17.8 Å². The van der Waals surface area contributed by atoms with Crippen LogP contribution in [-0.2, 0) is 13.5 Å². The van der Waals surface area contributed by atoms with Gasteiger partial charge < -0.3 is 11.1 Å². The Hall–Kier alpha value is -1.52. The molecule has 0 aliphatic heterocycles. The fourth-order valence-electron chi connectivity index (χ4n) is 2.06. The maximum Gasteiger partial charge on any atom is 0.188 e. The molecule has 0 fully saturated rings. The van der Waals surface area contributed by atoms with Gasteiger partial charge in [-0.05, 0) is 53.0 Å². The summed E-state index contributed by atoms with van der Waals surface area (Å²) in [5, 5.41) is 7.57. The number of aliphatic imine (C=N–C) groups is 1. The number of guanidine groups is 1. The summed E-state index contributed by atoms with van der Waals surface area (Å²) in [5.41, 5.74) is 9.48. The zero-order chi connectivity index (χ0) is 14.6. The number of nitrogens with two attached hydrogens (primary N) is 1. The molecule has 3 N–H and O–H groups in total. The second kappa shape index (κ2) is 6.08. The molecule has 108 valence electrons. The summed E-state index contributed by atoms with van der Waals surface area (Å²) in [7, 11) is 1.98. The Morgan fingerprint density at radius 2 is 2.00 bits per heavy atom. The molecule has 1 aromatic rings. The van der Waals surface area contributed by atoms with Crippen molar-refractivity contribution in [1.82, 2.24) is 15.1 Å². The molecule has 0 unspecified atom stereocenters. The summed E-state index contributed by atoms with van der Waals surface area (Å²) in [4.78, 5) is 4.35. The third kappa shape index (κ3) is 4.93. The quantitative estimate of drug-likeness (QED) is 0.494. The van der Waals surface area contributed by atoms with Gasteiger partial charge in [-0.15, -0.1) is 0 Å². The Morgan fingerprint density at radius 1 is 1.37 bits per heavy atom. The monoisotopic (exact) mass is 265 g/mol. The van der Waals surface area contributed by atoms with E-state index < -0.39 is 0 Å². The highest BCUT2D eigenvalue weighted by molar-refractivity contribution is 5.78. The molecule has 19 heavy (non-hydrogen) atoms. The van der Waals surface area contributed by atoms with Gasteiger partial charge in [-0.1, -0.05) is 0 Å². The summed E-state index contributed by atoms with van der Waals surface area (Å²) in [6.07, 6.45) is 1.98. The van der Waals surface area contributed by atoms with Crippen LogP contribution in [0.15, 0.2) is 4.99 Å². The topological polar surface area (TPSA) is 68.2 Å². The van der Waals surface area contributed by atoms with Gasteiger partial charge in [0.15, 0.2) is 5.96 Å². The first-order valence-electron chi connectivity index (χ1n) is 6.78. The van der Waals surface area contributed by atoms with E-state index in [0.717, 1.165) is 25.1 Å². The number of nitrogens with zero attached hydrogens (tertiary/aromatic N) is 3. The van der Waals surface area contributed by atoms with E-state index >= 15 is 0 Å². The van der Waals surface area contributed by atoms with Crippen molar-refractivity contribution in [1.29, 1.82) is 0 Å². The number of hydrogen-bond acceptors (Lipinski definition) is 2. The molecule has 0 aliphatic rings. The van der Waals surface area contributed by atoms with Crippen molar-refractivity contribution in [3.8, 4) is 0 Å². The van der Waals surface area contributed by atoms with E-state index in [2.05, 4.69) is 50.0 Å². The van der Waals surface area contributed by atoms with Crippen molar-refractivity contribution in [2.45, 2.75) is 53.0 Å². The Kier molecular flexibility index (Phi) is 4.97. The molecule has 5 nitrogen and oxygen atoms in total. The van der Waals surface area contributed by atoms with Crippen molar-refractivity contribution >= 4 is 5.96 Å². The van der Waals surface area contributed by atoms with E-state index in [4.69, 9.17) is 5.73 Å². The molecule has 0 aliphatic carbocycles. The lowest BCUT2D eigenvalue weighted by Gasteiger charge is -2.20. The molecule has 1 rings (SSSR count). The fraction of sp³-hybridized carbons (Fsp3) is 0.714. The zero-order valence-electron chi connectivity index (χ0n) is 13.0. The van der Waals surface area contributed by atoms with Gasteiger partial charge in [-0.3, -0.25) is 9.67 Å². The van der Waals surface area contributed by atoms with Gasteiger partial charge in [0.25, 0.3) is 0 Å². The van der Waals surface area contributed by atoms with Crippen molar-refractivity contribution in [2.75, 3.05) is 6.54 Å². The standard InChI is InChI=1S/C14H27N5/c1-10-12(11(2)19(6)18-10)8-7-9-16-13(15)17-14(3,4)5/h7-9H2,1-6H3,(H3,15,16,17). The lowest BCUT2D eigenvalue weighted by Crippen LogP contribution is -2.45. The van der Waals surface area contributed by atoms with E-state index in [9.17, 15) is 0 Å². The second-order valence-electron chi connectivity index (χ2n) is 6.02. The van der Waals surface area contributed by atoms with Gasteiger partial charge in [0.1, 0.15) is 0 Å². The van der Waals surface area contributed by atoms with Crippen molar-refractivity contribution < 1.29 is 0 Å². The average Bonchev–Trinajstić information content (AvgIpc) is 2.47. The molecule has 0 saturated carbocycles. The molecule has 1 aromatic heterocycles. The number of nitrogens with one attached hydrogen (secondary N) is 1. The Bertz CT molecular complexity index is 451. The van der Waals surface area contributed by atoms with E-state index in [1.165, 1.54) is 11.3 Å². The highest BCUT2D eigenvalue weighted by Crippen LogP contribution is 2.13. The summed E-state index contributed by atoms with van der Waals surface area (Å²) in [6.45, 7) is 11.1. The van der Waals surface area contributed by atoms with Gasteiger partial charge in [0.05, 0.1) is 5.69 Å². The van der Waals surface area contributed by atoms with Crippen LogP contribution in [0.3, 0.4) is 0 Å². The zero-order valence-corrected chi connectivity index (χ0v) is 13.0. The summed E-state index contributed by atoms with van der Waals surface area (Å²) in [5.74, 6) is 0.520. The molecule has 0 atom stereocenters. The maximum atomic E-state index is 5.83. The minimum atomic E-state index is -0.0376. The van der Waals surface area contributed by atoms with Gasteiger partial charge in [-0.2, -0.15) is 5.10 Å². The van der Waals surface area contributed by atoms with Gasteiger partial charge in [0.2, 0.25) is 0 Å². The number of aryl methyl sites for hydroxylation is 2. The third-order valence-corrected chi connectivity index (χ3v) is 3.03. The first kappa shape index (κ1) is 15.5. The van der Waals surface area contributed by atoms with Gasteiger partial charge in [-0.25, -0.2) is 0 Å². The first-order chi connectivity index (χ1) is 8.70. The molecule has 0 spiro atoms. The maximum absolute atomic E-state index is 5.83. The van der Waals surface area contributed by atoms with Gasteiger partial charge >= 0.3 is 0 Å². The first-order valence-corrected chi connectivity index (χ1v) is 6.78. The predicted molar refractivity (Wildman–Crippen MR) is 80.4 cm³/mol. The van der Waals surface area contributed by atoms with Crippen molar-refractivity contribution in [3.05, 3.63) is 17.0 Å². The van der Waals surface area contributed by atoms with Crippen LogP contribution >= 0.6 is 0 Å². The molecule has 0 amide bonds. The largest absolute Gasteiger partial charge is 0.370 e. The van der Waals surface area contributed by atoms with Crippen LogP contribution in [0.2, 0.25) is 0 Å². The van der Waals surface area contributed by atoms with Crippen LogP contribution in [-0.4, -0.2) is 27.8 Å². The third-order valence-electron chi connectivity index (χ3n) is 3.03. The molecule has 0 aromatic carbocycles. The molecule has 0 bridgehead atoms. The number of rotatable bonds is 4. The van der Waals surface area contributed by atoms with Gasteiger partial charge in [0, 0.05) is 24.8 Å². The lowest BCUT2D eigenvalue weighted by molar-refractivity contribution is 0.508. The molecule has 1 heterocycles. The van der Waals surface area contributed by atoms with E-state index in [1.807, 2.05) is 11.7 Å². The van der Waals surface area contributed by atoms with Crippen LogP contribution in [0.5, 0.6) is 0 Å². The smallest absolute Gasteiger partial charge is 0.188 e. The molecule has 0 radical (unpaired) electrons. The van der Waals surface area contributed by atoms with Crippen LogP contribution in [0.1, 0.15) is 44.1 Å². The highest BCUT2D eigenvalue weighted by atomic mass is 15.3. The Morgan fingerprint density at radius 3 is 2.47 bits per heavy atom. The number of aromatic nitrogens is 2. The summed E-state index contributed by atoms with van der Waals surface area (Å²) in [6, 6.07) is 0. The Balaban J connectivity index is 2.45. The van der Waals surface area contributed by atoms with Crippen molar-refractivity contribution in [3.63, 3.8) is 0 Å².